The molecule has 0 aliphatic rings. The molecule has 0 fully saturated rings. The van der Waals surface area contributed by atoms with Crippen molar-refractivity contribution in [2.45, 2.75) is 46.5 Å². The molecule has 0 bridgehead atoms. The molecule has 0 aliphatic heterocycles. The predicted octanol–water partition coefficient (Wildman–Crippen LogP) is 4.52. The van der Waals surface area contributed by atoms with Crippen molar-refractivity contribution in [3.8, 4) is 0 Å². The second-order valence-corrected chi connectivity index (χ2v) is 4.73. The number of benzene rings is 1. The van der Waals surface area contributed by atoms with Crippen molar-refractivity contribution in [3.63, 3.8) is 0 Å². The van der Waals surface area contributed by atoms with E-state index in [0.29, 0.717) is 0 Å². The van der Waals surface area contributed by atoms with Gasteiger partial charge < -0.3 is 4.98 Å². The molecule has 86 valence electrons. The van der Waals surface area contributed by atoms with Crippen molar-refractivity contribution >= 4 is 10.9 Å². The fourth-order valence-electron chi connectivity index (χ4n) is 2.30. The highest BCUT2D eigenvalue weighted by atomic mass is 14.7. The average Bonchev–Trinajstić information content (AvgIpc) is 2.57. The Balaban J connectivity index is 2.29. The van der Waals surface area contributed by atoms with Crippen molar-refractivity contribution in [1.82, 2.24) is 4.98 Å². The van der Waals surface area contributed by atoms with Crippen molar-refractivity contribution in [2.75, 3.05) is 0 Å². The SMILES string of the molecule is CCCCCc1[nH]c2ccc(C)cc2c1C. The van der Waals surface area contributed by atoms with Crippen molar-refractivity contribution < 1.29 is 0 Å². The molecule has 0 radical (unpaired) electrons. The lowest BCUT2D eigenvalue weighted by Gasteiger charge is -1.98. The topological polar surface area (TPSA) is 15.8 Å². The molecule has 0 atom stereocenters. The highest BCUT2D eigenvalue weighted by Gasteiger charge is 2.06. The first kappa shape index (κ1) is 11.3. The Hall–Kier alpha value is -1.24. The molecule has 2 rings (SSSR count). The Morgan fingerprint density at radius 1 is 1.12 bits per heavy atom. The van der Waals surface area contributed by atoms with Crippen LogP contribution in [0.4, 0.5) is 0 Å². The minimum absolute atomic E-state index is 1.19. The molecule has 0 saturated heterocycles. The van der Waals surface area contributed by atoms with Crippen molar-refractivity contribution in [2.24, 2.45) is 0 Å². The molecule has 0 saturated carbocycles. The van der Waals surface area contributed by atoms with E-state index >= 15 is 0 Å². The lowest BCUT2D eigenvalue weighted by Crippen LogP contribution is -1.87. The molecule has 2 aromatic rings. The van der Waals surface area contributed by atoms with E-state index in [-0.39, 0.29) is 0 Å². The third kappa shape index (κ3) is 2.13. The summed E-state index contributed by atoms with van der Waals surface area (Å²) in [5, 5.41) is 1.39. The van der Waals surface area contributed by atoms with Gasteiger partial charge in [-0.2, -0.15) is 0 Å². The number of rotatable bonds is 4. The van der Waals surface area contributed by atoms with Crippen LogP contribution >= 0.6 is 0 Å². The molecule has 0 spiro atoms. The van der Waals surface area contributed by atoms with Gasteiger partial charge in [-0.25, -0.2) is 0 Å². The Bertz CT molecular complexity index is 479. The van der Waals surface area contributed by atoms with E-state index in [2.05, 4.69) is 44.0 Å². The van der Waals surface area contributed by atoms with Gasteiger partial charge in [0.1, 0.15) is 0 Å². The summed E-state index contributed by atoms with van der Waals surface area (Å²) in [6.45, 7) is 6.64. The largest absolute Gasteiger partial charge is 0.358 e. The first-order valence-electron chi connectivity index (χ1n) is 6.30. The normalized spacial score (nSPS) is 11.2. The molecule has 1 heteroatoms. The molecule has 16 heavy (non-hydrogen) atoms. The lowest BCUT2D eigenvalue weighted by atomic mass is 10.1. The molecule has 0 aliphatic carbocycles. The van der Waals surface area contributed by atoms with Gasteiger partial charge >= 0.3 is 0 Å². The quantitative estimate of drug-likeness (QED) is 0.722. The molecule has 1 aromatic carbocycles. The Kier molecular flexibility index (Phi) is 3.33. The zero-order chi connectivity index (χ0) is 11.5. The van der Waals surface area contributed by atoms with Gasteiger partial charge in [0.2, 0.25) is 0 Å². The highest BCUT2D eigenvalue weighted by molar-refractivity contribution is 5.85. The number of aromatic amines is 1. The fourth-order valence-corrected chi connectivity index (χ4v) is 2.30. The zero-order valence-electron chi connectivity index (χ0n) is 10.6. The highest BCUT2D eigenvalue weighted by Crippen LogP contribution is 2.23. The number of hydrogen-bond acceptors (Lipinski definition) is 0. The number of aromatic nitrogens is 1. The number of unbranched alkanes of at least 4 members (excludes halogenated alkanes) is 2. The van der Waals surface area contributed by atoms with E-state index < -0.39 is 0 Å². The number of aryl methyl sites for hydroxylation is 3. The second-order valence-electron chi connectivity index (χ2n) is 4.73. The van der Waals surface area contributed by atoms with Gasteiger partial charge in [-0.15, -0.1) is 0 Å². The number of H-pyrrole nitrogens is 1. The van der Waals surface area contributed by atoms with E-state index in [1.54, 1.807) is 0 Å². The van der Waals surface area contributed by atoms with E-state index in [4.69, 9.17) is 0 Å². The van der Waals surface area contributed by atoms with Crippen LogP contribution in [0, 0.1) is 13.8 Å². The summed E-state index contributed by atoms with van der Waals surface area (Å²) >= 11 is 0. The van der Waals surface area contributed by atoms with Gasteiger partial charge in [-0.05, 0) is 44.4 Å². The maximum absolute atomic E-state index is 3.55. The molecule has 1 heterocycles. The third-order valence-corrected chi connectivity index (χ3v) is 3.35. The van der Waals surface area contributed by atoms with E-state index in [1.165, 1.54) is 53.4 Å². The second kappa shape index (κ2) is 4.73. The molecule has 0 amide bonds. The van der Waals surface area contributed by atoms with Gasteiger partial charge in [0.05, 0.1) is 0 Å². The van der Waals surface area contributed by atoms with Crippen LogP contribution in [0.2, 0.25) is 0 Å². The first-order valence-corrected chi connectivity index (χ1v) is 6.30. The summed E-state index contributed by atoms with van der Waals surface area (Å²) < 4.78 is 0. The maximum Gasteiger partial charge on any atom is 0.0459 e. The van der Waals surface area contributed by atoms with Gasteiger partial charge in [0, 0.05) is 16.6 Å². The lowest BCUT2D eigenvalue weighted by molar-refractivity contribution is 0.708. The van der Waals surface area contributed by atoms with E-state index in [1.807, 2.05) is 0 Å². The van der Waals surface area contributed by atoms with Crippen LogP contribution in [0.3, 0.4) is 0 Å². The van der Waals surface area contributed by atoms with Crippen LogP contribution in [-0.4, -0.2) is 4.98 Å². The summed E-state index contributed by atoms with van der Waals surface area (Å²) in [7, 11) is 0. The standard InChI is InChI=1S/C15H21N/c1-4-5-6-7-14-12(3)13-10-11(2)8-9-15(13)16-14/h8-10,16H,4-7H2,1-3H3. The Labute approximate surface area is 97.9 Å². The molecular weight excluding hydrogens is 194 g/mol. The monoisotopic (exact) mass is 215 g/mol. The van der Waals surface area contributed by atoms with Crippen LogP contribution < -0.4 is 0 Å². The van der Waals surface area contributed by atoms with Crippen LogP contribution in [0.15, 0.2) is 18.2 Å². The zero-order valence-corrected chi connectivity index (χ0v) is 10.6. The van der Waals surface area contributed by atoms with E-state index in [9.17, 15) is 0 Å². The van der Waals surface area contributed by atoms with Gasteiger partial charge in [-0.1, -0.05) is 31.4 Å². The van der Waals surface area contributed by atoms with Crippen molar-refractivity contribution in [1.29, 1.82) is 0 Å². The minimum atomic E-state index is 1.19. The van der Waals surface area contributed by atoms with Crippen LogP contribution in [0.25, 0.3) is 10.9 Å². The summed E-state index contributed by atoms with van der Waals surface area (Å²) in [6, 6.07) is 6.65. The third-order valence-electron chi connectivity index (χ3n) is 3.35. The maximum atomic E-state index is 3.55. The summed E-state index contributed by atoms with van der Waals surface area (Å²) in [5.41, 5.74) is 5.49. The Morgan fingerprint density at radius 3 is 2.69 bits per heavy atom. The van der Waals surface area contributed by atoms with Crippen molar-refractivity contribution in [3.05, 3.63) is 35.0 Å². The summed E-state index contributed by atoms with van der Waals surface area (Å²) in [6.07, 6.45) is 5.10. The summed E-state index contributed by atoms with van der Waals surface area (Å²) in [4.78, 5) is 3.55. The number of hydrogen-bond donors (Lipinski definition) is 1. The Morgan fingerprint density at radius 2 is 1.94 bits per heavy atom. The van der Waals surface area contributed by atoms with Gasteiger partial charge in [-0.3, -0.25) is 0 Å². The first-order chi connectivity index (χ1) is 7.72. The van der Waals surface area contributed by atoms with Crippen LogP contribution in [0.5, 0.6) is 0 Å². The smallest absolute Gasteiger partial charge is 0.0459 e. The molecular formula is C15H21N. The van der Waals surface area contributed by atoms with E-state index in [0.717, 1.165) is 0 Å². The van der Waals surface area contributed by atoms with Crippen LogP contribution in [-0.2, 0) is 6.42 Å². The molecule has 1 aromatic heterocycles. The van der Waals surface area contributed by atoms with Gasteiger partial charge in [0.25, 0.3) is 0 Å². The summed E-state index contributed by atoms with van der Waals surface area (Å²) in [5.74, 6) is 0. The number of nitrogens with one attached hydrogen (secondary N) is 1. The number of fused-ring (bicyclic) bond motifs is 1. The fraction of sp³-hybridized carbons (Fsp3) is 0.467. The molecule has 1 nitrogen and oxygen atoms in total. The van der Waals surface area contributed by atoms with Crippen LogP contribution in [0.1, 0.15) is 43.0 Å². The predicted molar refractivity (Wildman–Crippen MR) is 71.0 cm³/mol. The average molecular weight is 215 g/mol. The minimum Gasteiger partial charge on any atom is -0.358 e. The molecule has 1 N–H and O–H groups in total. The van der Waals surface area contributed by atoms with Gasteiger partial charge in [0.15, 0.2) is 0 Å². The molecule has 0 unspecified atom stereocenters.